The van der Waals surface area contributed by atoms with Crippen LogP contribution in [0, 0.1) is 13.8 Å². The molecule has 0 aliphatic carbocycles. The van der Waals surface area contributed by atoms with E-state index in [2.05, 4.69) is 15.3 Å². The summed E-state index contributed by atoms with van der Waals surface area (Å²) in [6.45, 7) is 3.91. The van der Waals surface area contributed by atoms with Gasteiger partial charge in [-0.05, 0) is 49.2 Å². The van der Waals surface area contributed by atoms with Crippen LogP contribution < -0.4 is 16.4 Å². The van der Waals surface area contributed by atoms with Gasteiger partial charge in [0.15, 0.2) is 0 Å². The maximum absolute atomic E-state index is 12.4. The molecule has 6 nitrogen and oxygen atoms in total. The lowest BCUT2D eigenvalue weighted by atomic mass is 10.1. The number of benzene rings is 2. The number of carbonyl (C=O) groups excluding carboxylic acids is 1. The van der Waals surface area contributed by atoms with Crippen LogP contribution >= 0.6 is 0 Å². The Labute approximate surface area is 131 Å². The van der Waals surface area contributed by atoms with Crippen molar-refractivity contribution in [2.75, 3.05) is 5.32 Å². The first-order chi connectivity index (χ1) is 11.0. The van der Waals surface area contributed by atoms with Gasteiger partial charge in [0, 0.05) is 11.3 Å². The second-order valence-electron chi connectivity index (χ2n) is 5.37. The average Bonchev–Trinajstić information content (AvgIpc) is 2.52. The van der Waals surface area contributed by atoms with Gasteiger partial charge in [-0.15, -0.1) is 0 Å². The molecule has 0 unspecified atom stereocenters. The average molecular weight is 309 g/mol. The summed E-state index contributed by atoms with van der Waals surface area (Å²) >= 11 is 0. The minimum absolute atomic E-state index is 0.285. The van der Waals surface area contributed by atoms with Crippen molar-refractivity contribution in [3.8, 4) is 0 Å². The van der Waals surface area contributed by atoms with E-state index in [9.17, 15) is 14.4 Å². The molecule has 3 N–H and O–H groups in total. The number of amides is 1. The van der Waals surface area contributed by atoms with Crippen LogP contribution in [0.5, 0.6) is 0 Å². The highest BCUT2D eigenvalue weighted by Gasteiger charge is 2.10. The van der Waals surface area contributed by atoms with Crippen molar-refractivity contribution < 1.29 is 4.79 Å². The monoisotopic (exact) mass is 309 g/mol. The molecule has 0 bridgehead atoms. The number of aromatic nitrogens is 2. The van der Waals surface area contributed by atoms with E-state index in [1.54, 1.807) is 12.1 Å². The third-order valence-corrected chi connectivity index (χ3v) is 3.84. The number of H-pyrrole nitrogens is 2. The molecule has 3 rings (SSSR count). The quantitative estimate of drug-likeness (QED) is 0.633. The van der Waals surface area contributed by atoms with Crippen LogP contribution in [0.4, 0.5) is 5.69 Å². The summed E-state index contributed by atoms with van der Waals surface area (Å²) in [7, 11) is 0. The number of hydrogen-bond acceptors (Lipinski definition) is 3. The second-order valence-corrected chi connectivity index (χ2v) is 5.37. The van der Waals surface area contributed by atoms with E-state index in [4.69, 9.17) is 0 Å². The highest BCUT2D eigenvalue weighted by molar-refractivity contribution is 6.06. The standard InChI is InChI=1S/C17H15N3O3/c1-9-4-3-5-12(10(9)2)18-15(21)11-6-7-13-14(8-11)20-17(23)16(22)19-13/h3-8H,1-2H3,(H,18,21)(H,19,22)(H,20,23). The normalized spacial score (nSPS) is 10.7. The molecule has 1 heterocycles. The molecular weight excluding hydrogens is 294 g/mol. The summed E-state index contributed by atoms with van der Waals surface area (Å²) in [6.07, 6.45) is 0. The summed E-state index contributed by atoms with van der Waals surface area (Å²) in [5.41, 5.74) is 2.63. The molecule has 0 spiro atoms. The van der Waals surface area contributed by atoms with E-state index in [0.29, 0.717) is 16.6 Å². The minimum Gasteiger partial charge on any atom is -0.322 e. The minimum atomic E-state index is -0.746. The zero-order valence-corrected chi connectivity index (χ0v) is 12.7. The lowest BCUT2D eigenvalue weighted by molar-refractivity contribution is 0.102. The molecule has 1 aromatic heterocycles. The molecule has 0 radical (unpaired) electrons. The van der Waals surface area contributed by atoms with Gasteiger partial charge in [0.1, 0.15) is 0 Å². The Kier molecular flexibility index (Phi) is 3.57. The largest absolute Gasteiger partial charge is 0.322 e. The Morgan fingerprint density at radius 3 is 2.39 bits per heavy atom. The second kappa shape index (κ2) is 5.57. The van der Waals surface area contributed by atoms with E-state index in [1.165, 1.54) is 6.07 Å². The molecule has 1 amide bonds. The summed E-state index contributed by atoms with van der Waals surface area (Å²) in [5.74, 6) is -0.285. The molecule has 2 aromatic carbocycles. The maximum atomic E-state index is 12.4. The van der Waals surface area contributed by atoms with Gasteiger partial charge in [-0.25, -0.2) is 0 Å². The van der Waals surface area contributed by atoms with Crippen molar-refractivity contribution in [1.82, 2.24) is 9.97 Å². The molecule has 0 atom stereocenters. The molecule has 6 heteroatoms. The van der Waals surface area contributed by atoms with E-state index in [1.807, 2.05) is 32.0 Å². The van der Waals surface area contributed by atoms with Crippen molar-refractivity contribution in [2.24, 2.45) is 0 Å². The topological polar surface area (TPSA) is 94.8 Å². The van der Waals surface area contributed by atoms with Crippen LogP contribution in [0.3, 0.4) is 0 Å². The maximum Gasteiger partial charge on any atom is 0.314 e. The SMILES string of the molecule is Cc1cccc(NC(=O)c2ccc3[nH]c(=O)c(=O)[nH]c3c2)c1C. The summed E-state index contributed by atoms with van der Waals surface area (Å²) in [4.78, 5) is 40.0. The van der Waals surface area contributed by atoms with Crippen LogP contribution in [-0.4, -0.2) is 15.9 Å². The zero-order chi connectivity index (χ0) is 16.6. The van der Waals surface area contributed by atoms with Crippen molar-refractivity contribution in [2.45, 2.75) is 13.8 Å². The molecule has 116 valence electrons. The van der Waals surface area contributed by atoms with Gasteiger partial charge in [-0.3, -0.25) is 14.4 Å². The Morgan fingerprint density at radius 2 is 1.65 bits per heavy atom. The Hall–Kier alpha value is -3.15. The van der Waals surface area contributed by atoms with Gasteiger partial charge in [0.25, 0.3) is 5.91 Å². The molecule has 0 aliphatic heterocycles. The predicted octanol–water partition coefficient (Wildman–Crippen LogP) is 2.09. The van der Waals surface area contributed by atoms with Crippen molar-refractivity contribution in [3.63, 3.8) is 0 Å². The first kappa shape index (κ1) is 14.8. The van der Waals surface area contributed by atoms with Crippen molar-refractivity contribution in [1.29, 1.82) is 0 Å². The Balaban J connectivity index is 1.98. The highest BCUT2D eigenvalue weighted by atomic mass is 16.2. The molecule has 0 saturated heterocycles. The number of rotatable bonds is 2. The number of hydrogen-bond donors (Lipinski definition) is 3. The zero-order valence-electron chi connectivity index (χ0n) is 12.7. The lowest BCUT2D eigenvalue weighted by Crippen LogP contribution is -2.29. The van der Waals surface area contributed by atoms with E-state index < -0.39 is 11.1 Å². The van der Waals surface area contributed by atoms with E-state index in [0.717, 1.165) is 16.8 Å². The number of aryl methyl sites for hydroxylation is 1. The molecule has 23 heavy (non-hydrogen) atoms. The number of anilines is 1. The first-order valence-electron chi connectivity index (χ1n) is 7.09. The van der Waals surface area contributed by atoms with Gasteiger partial charge in [0.05, 0.1) is 11.0 Å². The molecule has 0 saturated carbocycles. The van der Waals surface area contributed by atoms with Crippen LogP contribution in [0.25, 0.3) is 11.0 Å². The van der Waals surface area contributed by atoms with Gasteiger partial charge in [0.2, 0.25) is 0 Å². The Morgan fingerprint density at radius 1 is 0.957 bits per heavy atom. The number of carbonyl (C=O) groups is 1. The summed E-state index contributed by atoms with van der Waals surface area (Å²) in [5, 5.41) is 2.86. The number of nitrogens with one attached hydrogen (secondary N) is 3. The van der Waals surface area contributed by atoms with E-state index in [-0.39, 0.29) is 5.91 Å². The molecule has 0 aliphatic rings. The lowest BCUT2D eigenvalue weighted by Gasteiger charge is -2.10. The van der Waals surface area contributed by atoms with E-state index >= 15 is 0 Å². The smallest absolute Gasteiger partial charge is 0.314 e. The fourth-order valence-corrected chi connectivity index (χ4v) is 2.34. The third kappa shape index (κ3) is 2.78. The first-order valence-corrected chi connectivity index (χ1v) is 7.09. The fourth-order valence-electron chi connectivity index (χ4n) is 2.34. The number of aromatic amines is 2. The number of fused-ring (bicyclic) bond motifs is 1. The van der Waals surface area contributed by atoms with Gasteiger partial charge in [-0.1, -0.05) is 12.1 Å². The van der Waals surface area contributed by atoms with Gasteiger partial charge >= 0.3 is 11.1 Å². The van der Waals surface area contributed by atoms with Crippen LogP contribution in [0.2, 0.25) is 0 Å². The fraction of sp³-hybridized carbons (Fsp3) is 0.118. The predicted molar refractivity (Wildman–Crippen MR) is 89.1 cm³/mol. The van der Waals surface area contributed by atoms with Crippen molar-refractivity contribution in [3.05, 3.63) is 73.8 Å². The highest BCUT2D eigenvalue weighted by Crippen LogP contribution is 2.19. The molecule has 0 fully saturated rings. The van der Waals surface area contributed by atoms with Crippen LogP contribution in [-0.2, 0) is 0 Å². The summed E-state index contributed by atoms with van der Waals surface area (Å²) in [6, 6.07) is 10.4. The van der Waals surface area contributed by atoms with Crippen LogP contribution in [0.15, 0.2) is 46.0 Å². The molecular formula is C17H15N3O3. The Bertz CT molecular complexity index is 1030. The molecule has 3 aromatic rings. The third-order valence-electron chi connectivity index (χ3n) is 3.84. The van der Waals surface area contributed by atoms with Gasteiger partial charge in [-0.2, -0.15) is 0 Å². The summed E-state index contributed by atoms with van der Waals surface area (Å²) < 4.78 is 0. The van der Waals surface area contributed by atoms with Gasteiger partial charge < -0.3 is 15.3 Å². The van der Waals surface area contributed by atoms with Crippen LogP contribution in [0.1, 0.15) is 21.5 Å². The van der Waals surface area contributed by atoms with Crippen molar-refractivity contribution >= 4 is 22.6 Å².